The molecule has 2 heterocycles. The van der Waals surface area contributed by atoms with Gasteiger partial charge in [0, 0.05) is 38.0 Å². The zero-order valence-electron chi connectivity index (χ0n) is 11.5. The Morgan fingerprint density at radius 1 is 1.65 bits per heavy atom. The molecule has 0 radical (unpaired) electrons. The highest BCUT2D eigenvalue weighted by atomic mass is 16.5. The van der Waals surface area contributed by atoms with Crippen molar-refractivity contribution in [2.45, 2.75) is 6.10 Å². The molecule has 108 valence electrons. The maximum atomic E-state index is 12.0. The number of aromatic nitrogens is 1. The lowest BCUT2D eigenvalue weighted by molar-refractivity contribution is -0.146. The number of methoxy groups -OCH3 is 1. The number of amides is 2. The highest BCUT2D eigenvalue weighted by Crippen LogP contribution is 2.09. The number of carbonyl (C=O) groups excluding carboxylic acids is 2. The fourth-order valence-corrected chi connectivity index (χ4v) is 1.85. The number of nitrogens with one attached hydrogen (secondary N) is 1. The summed E-state index contributed by atoms with van der Waals surface area (Å²) in [5, 5.41) is 2.77. The Balaban J connectivity index is 1.87. The molecule has 1 N–H and O–H groups in total. The average Bonchev–Trinajstić information content (AvgIpc) is 2.48. The Morgan fingerprint density at radius 3 is 3.15 bits per heavy atom. The van der Waals surface area contributed by atoms with Crippen LogP contribution in [-0.4, -0.2) is 61.7 Å². The summed E-state index contributed by atoms with van der Waals surface area (Å²) in [6.45, 7) is 0.875. The molecule has 1 aliphatic rings. The molecule has 1 atom stereocenters. The molecule has 1 aliphatic heterocycles. The first-order valence-corrected chi connectivity index (χ1v) is 6.24. The zero-order valence-corrected chi connectivity index (χ0v) is 11.5. The highest BCUT2D eigenvalue weighted by molar-refractivity contribution is 5.94. The Labute approximate surface area is 116 Å². The van der Waals surface area contributed by atoms with Crippen molar-refractivity contribution in [3.63, 3.8) is 0 Å². The van der Waals surface area contributed by atoms with E-state index in [1.54, 1.807) is 24.1 Å². The molecule has 0 aromatic carbocycles. The Hall–Kier alpha value is -2.15. The first-order chi connectivity index (χ1) is 9.60. The van der Waals surface area contributed by atoms with Crippen molar-refractivity contribution >= 4 is 11.8 Å². The molecule has 0 spiro atoms. The van der Waals surface area contributed by atoms with E-state index in [4.69, 9.17) is 9.47 Å². The summed E-state index contributed by atoms with van der Waals surface area (Å²) in [6, 6.07) is 3.17. The molecule has 2 amide bonds. The van der Waals surface area contributed by atoms with E-state index in [1.807, 2.05) is 0 Å². The molecule has 1 fully saturated rings. The second-order valence-corrected chi connectivity index (χ2v) is 4.50. The van der Waals surface area contributed by atoms with E-state index >= 15 is 0 Å². The van der Waals surface area contributed by atoms with Crippen LogP contribution in [0.2, 0.25) is 0 Å². The first-order valence-electron chi connectivity index (χ1n) is 6.24. The quantitative estimate of drug-likeness (QED) is 0.817. The standard InChI is InChI=1S/C13H17N3O4/c1-16-7-10(20-8-12(16)17)6-15-13(18)9-3-4-14-11(5-9)19-2/h3-5,10H,6-8H2,1-2H3,(H,15,18)/t10-/m1/s1. The van der Waals surface area contributed by atoms with E-state index in [0.717, 1.165) is 0 Å². The number of rotatable bonds is 4. The van der Waals surface area contributed by atoms with Gasteiger partial charge in [-0.1, -0.05) is 0 Å². The van der Waals surface area contributed by atoms with E-state index < -0.39 is 0 Å². The Kier molecular flexibility index (Phi) is 4.52. The van der Waals surface area contributed by atoms with Crippen LogP contribution in [0.15, 0.2) is 18.3 Å². The van der Waals surface area contributed by atoms with Crippen LogP contribution < -0.4 is 10.1 Å². The van der Waals surface area contributed by atoms with E-state index in [0.29, 0.717) is 24.5 Å². The van der Waals surface area contributed by atoms with Crippen LogP contribution in [0.3, 0.4) is 0 Å². The van der Waals surface area contributed by atoms with Gasteiger partial charge >= 0.3 is 0 Å². The molecular formula is C13H17N3O4. The number of hydrogen-bond acceptors (Lipinski definition) is 5. The van der Waals surface area contributed by atoms with Gasteiger partial charge in [-0.15, -0.1) is 0 Å². The fraction of sp³-hybridized carbons (Fsp3) is 0.462. The third-order valence-electron chi connectivity index (χ3n) is 3.04. The predicted molar refractivity (Wildman–Crippen MR) is 70.5 cm³/mol. The minimum absolute atomic E-state index is 0.0496. The van der Waals surface area contributed by atoms with Crippen molar-refractivity contribution in [3.8, 4) is 5.88 Å². The summed E-state index contributed by atoms with van der Waals surface area (Å²) in [4.78, 5) is 28.8. The topological polar surface area (TPSA) is 80.8 Å². The molecule has 7 nitrogen and oxygen atoms in total. The fourth-order valence-electron chi connectivity index (χ4n) is 1.85. The SMILES string of the molecule is COc1cc(C(=O)NC[C@@H]2CN(C)C(=O)CO2)ccn1. The Bertz CT molecular complexity index is 506. The number of ether oxygens (including phenoxy) is 2. The molecule has 0 saturated carbocycles. The first kappa shape index (κ1) is 14.3. The van der Waals surface area contributed by atoms with Gasteiger partial charge in [-0.05, 0) is 6.07 Å². The minimum Gasteiger partial charge on any atom is -0.481 e. The summed E-state index contributed by atoms with van der Waals surface area (Å²) >= 11 is 0. The van der Waals surface area contributed by atoms with Gasteiger partial charge in [0.25, 0.3) is 5.91 Å². The number of likely N-dealkylation sites (N-methyl/N-ethyl adjacent to an activating group) is 1. The second kappa shape index (κ2) is 6.33. The Morgan fingerprint density at radius 2 is 2.45 bits per heavy atom. The van der Waals surface area contributed by atoms with Crippen molar-refractivity contribution in [1.29, 1.82) is 0 Å². The molecule has 0 aliphatic carbocycles. The lowest BCUT2D eigenvalue weighted by Gasteiger charge is -2.29. The largest absolute Gasteiger partial charge is 0.481 e. The van der Waals surface area contributed by atoms with Crippen LogP contribution in [0.1, 0.15) is 10.4 Å². The number of hydrogen-bond donors (Lipinski definition) is 1. The summed E-state index contributed by atoms with van der Waals surface area (Å²) in [5.41, 5.74) is 0.470. The number of morpholine rings is 1. The number of pyridine rings is 1. The minimum atomic E-state index is -0.228. The van der Waals surface area contributed by atoms with Crippen molar-refractivity contribution in [3.05, 3.63) is 23.9 Å². The lowest BCUT2D eigenvalue weighted by atomic mass is 10.2. The van der Waals surface area contributed by atoms with Gasteiger partial charge in [0.15, 0.2) is 0 Å². The molecule has 1 aromatic heterocycles. The summed E-state index contributed by atoms with van der Waals surface area (Å²) in [5.74, 6) is 0.109. The van der Waals surface area contributed by atoms with Crippen molar-refractivity contribution in [2.75, 3.05) is 33.9 Å². The van der Waals surface area contributed by atoms with Gasteiger partial charge in [0.2, 0.25) is 11.8 Å². The molecule has 20 heavy (non-hydrogen) atoms. The summed E-state index contributed by atoms with van der Waals surface area (Å²) in [6.07, 6.45) is 1.32. The molecule has 1 aromatic rings. The van der Waals surface area contributed by atoms with Crippen LogP contribution in [0.5, 0.6) is 5.88 Å². The maximum Gasteiger partial charge on any atom is 0.251 e. The second-order valence-electron chi connectivity index (χ2n) is 4.50. The molecule has 2 rings (SSSR count). The van der Waals surface area contributed by atoms with Crippen molar-refractivity contribution in [1.82, 2.24) is 15.2 Å². The van der Waals surface area contributed by atoms with E-state index in [2.05, 4.69) is 10.3 Å². The number of carbonyl (C=O) groups is 2. The lowest BCUT2D eigenvalue weighted by Crippen LogP contribution is -2.48. The summed E-state index contributed by atoms with van der Waals surface area (Å²) < 4.78 is 10.3. The van der Waals surface area contributed by atoms with Gasteiger partial charge in [-0.3, -0.25) is 9.59 Å². The highest BCUT2D eigenvalue weighted by Gasteiger charge is 2.23. The van der Waals surface area contributed by atoms with E-state index in [-0.39, 0.29) is 24.5 Å². The van der Waals surface area contributed by atoms with Crippen LogP contribution >= 0.6 is 0 Å². The van der Waals surface area contributed by atoms with Crippen LogP contribution in [0.25, 0.3) is 0 Å². The van der Waals surface area contributed by atoms with Crippen LogP contribution in [0, 0.1) is 0 Å². The molecule has 7 heteroatoms. The molecular weight excluding hydrogens is 262 g/mol. The average molecular weight is 279 g/mol. The van der Waals surface area contributed by atoms with Gasteiger partial charge < -0.3 is 19.7 Å². The third-order valence-corrected chi connectivity index (χ3v) is 3.04. The van der Waals surface area contributed by atoms with Gasteiger partial charge in [-0.25, -0.2) is 4.98 Å². The smallest absolute Gasteiger partial charge is 0.251 e. The zero-order chi connectivity index (χ0) is 14.5. The van der Waals surface area contributed by atoms with Crippen LogP contribution in [-0.2, 0) is 9.53 Å². The molecule has 1 saturated heterocycles. The number of nitrogens with zero attached hydrogens (tertiary/aromatic N) is 2. The predicted octanol–water partition coefficient (Wildman–Crippen LogP) is -0.323. The molecule has 0 bridgehead atoms. The summed E-state index contributed by atoms with van der Waals surface area (Å²) in [7, 11) is 3.21. The van der Waals surface area contributed by atoms with E-state index in [9.17, 15) is 9.59 Å². The third kappa shape index (κ3) is 3.45. The van der Waals surface area contributed by atoms with Crippen molar-refractivity contribution in [2.24, 2.45) is 0 Å². The molecule has 0 unspecified atom stereocenters. The van der Waals surface area contributed by atoms with Crippen LogP contribution in [0.4, 0.5) is 0 Å². The van der Waals surface area contributed by atoms with Crippen molar-refractivity contribution < 1.29 is 19.1 Å². The maximum absolute atomic E-state index is 12.0. The normalized spacial score (nSPS) is 18.8. The van der Waals surface area contributed by atoms with Gasteiger partial charge in [0.05, 0.1) is 13.2 Å². The van der Waals surface area contributed by atoms with Gasteiger partial charge in [0.1, 0.15) is 6.61 Å². The van der Waals surface area contributed by atoms with E-state index in [1.165, 1.54) is 13.3 Å². The van der Waals surface area contributed by atoms with Gasteiger partial charge in [-0.2, -0.15) is 0 Å². The monoisotopic (exact) mass is 279 g/mol.